The molecule has 0 spiro atoms. The molecule has 1 aromatic rings. The number of nitrogens with zero attached hydrogens (tertiary/aromatic N) is 1. The first-order valence-corrected chi connectivity index (χ1v) is 8.00. The van der Waals surface area contributed by atoms with Crippen LogP contribution in [0.25, 0.3) is 0 Å². The highest BCUT2D eigenvalue weighted by Crippen LogP contribution is 2.22. The molecule has 0 bridgehead atoms. The number of thiophene rings is 1. The molecule has 3 nitrogen and oxygen atoms in total. The zero-order valence-corrected chi connectivity index (χ0v) is 13.1. The number of aliphatic hydroxyl groups excluding tert-OH is 1. The minimum absolute atomic E-state index is 0.0162. The molecule has 1 aromatic heterocycles. The topological polar surface area (TPSA) is 40.5 Å². The Labute approximate surface area is 121 Å². The summed E-state index contributed by atoms with van der Waals surface area (Å²) in [5.41, 5.74) is 0.704. The van der Waals surface area contributed by atoms with Gasteiger partial charge in [-0.25, -0.2) is 0 Å². The molecule has 1 N–H and O–H groups in total. The number of rotatable bonds is 8. The largest absolute Gasteiger partial charge is 0.395 e. The zero-order chi connectivity index (χ0) is 13.4. The van der Waals surface area contributed by atoms with E-state index in [2.05, 4.69) is 22.9 Å². The summed E-state index contributed by atoms with van der Waals surface area (Å²) >= 11 is 4.87. The van der Waals surface area contributed by atoms with Crippen molar-refractivity contribution in [3.05, 3.63) is 20.8 Å². The van der Waals surface area contributed by atoms with Crippen LogP contribution in [0.5, 0.6) is 0 Å². The highest BCUT2D eigenvalue weighted by atomic mass is 79.9. The van der Waals surface area contributed by atoms with Crippen molar-refractivity contribution in [1.29, 1.82) is 0 Å². The molecule has 0 aliphatic heterocycles. The summed E-state index contributed by atoms with van der Waals surface area (Å²) in [6.45, 7) is 3.33. The van der Waals surface area contributed by atoms with Gasteiger partial charge in [0.2, 0.25) is 0 Å². The summed E-state index contributed by atoms with van der Waals surface area (Å²) in [6, 6.07) is 1.84. The second-order valence-corrected chi connectivity index (χ2v) is 6.51. The maximum atomic E-state index is 12.2. The van der Waals surface area contributed by atoms with Crippen molar-refractivity contribution in [3.63, 3.8) is 0 Å². The van der Waals surface area contributed by atoms with Crippen molar-refractivity contribution in [1.82, 2.24) is 4.90 Å². The normalized spacial score (nSPS) is 10.6. The number of unbranched alkanes of at least 4 members (excludes halogenated alkanes) is 3. The van der Waals surface area contributed by atoms with Crippen LogP contribution in [-0.2, 0) is 0 Å². The maximum absolute atomic E-state index is 12.2. The van der Waals surface area contributed by atoms with E-state index in [1.807, 2.05) is 11.4 Å². The van der Waals surface area contributed by atoms with Crippen LogP contribution in [0.3, 0.4) is 0 Å². The Hall–Kier alpha value is -0.390. The number of halogens is 1. The van der Waals surface area contributed by atoms with E-state index in [-0.39, 0.29) is 12.5 Å². The molecule has 0 aromatic carbocycles. The molecule has 1 rings (SSSR count). The molecule has 0 saturated carbocycles. The third-order valence-electron chi connectivity index (χ3n) is 2.75. The Balaban J connectivity index is 2.52. The minimum atomic E-state index is 0.0162. The molecule has 5 heteroatoms. The summed E-state index contributed by atoms with van der Waals surface area (Å²) in [7, 11) is 0. The first-order chi connectivity index (χ1) is 8.69. The molecule has 1 amide bonds. The van der Waals surface area contributed by atoms with Gasteiger partial charge in [0, 0.05) is 18.5 Å². The fourth-order valence-electron chi connectivity index (χ4n) is 1.77. The number of carbonyl (C=O) groups is 1. The Morgan fingerprint density at radius 2 is 2.17 bits per heavy atom. The predicted molar refractivity (Wildman–Crippen MR) is 79.2 cm³/mol. The van der Waals surface area contributed by atoms with Gasteiger partial charge in [-0.05, 0) is 28.4 Å². The number of amides is 1. The highest BCUT2D eigenvalue weighted by Gasteiger charge is 2.16. The van der Waals surface area contributed by atoms with Crippen molar-refractivity contribution in [3.8, 4) is 0 Å². The van der Waals surface area contributed by atoms with Gasteiger partial charge in [-0.3, -0.25) is 4.79 Å². The van der Waals surface area contributed by atoms with E-state index in [9.17, 15) is 4.79 Å². The Morgan fingerprint density at radius 3 is 2.72 bits per heavy atom. The van der Waals surface area contributed by atoms with Crippen LogP contribution in [0.1, 0.15) is 43.0 Å². The van der Waals surface area contributed by atoms with Crippen molar-refractivity contribution in [2.45, 2.75) is 32.6 Å². The molecule has 18 heavy (non-hydrogen) atoms. The van der Waals surface area contributed by atoms with Gasteiger partial charge in [0.15, 0.2) is 0 Å². The summed E-state index contributed by atoms with van der Waals surface area (Å²) < 4.78 is 0.959. The van der Waals surface area contributed by atoms with Crippen LogP contribution in [-0.4, -0.2) is 35.6 Å². The van der Waals surface area contributed by atoms with Crippen LogP contribution in [0.4, 0.5) is 0 Å². The maximum Gasteiger partial charge on any atom is 0.254 e. The SMILES string of the molecule is CCCCCCN(CCO)C(=O)c1csc(Br)c1. The first kappa shape index (κ1) is 15.7. The fourth-order valence-corrected chi connectivity index (χ4v) is 2.90. The van der Waals surface area contributed by atoms with Gasteiger partial charge in [-0.2, -0.15) is 0 Å². The Kier molecular flexibility index (Phi) is 7.54. The van der Waals surface area contributed by atoms with Crippen LogP contribution < -0.4 is 0 Å². The average molecular weight is 334 g/mol. The van der Waals surface area contributed by atoms with E-state index in [1.165, 1.54) is 24.2 Å². The average Bonchev–Trinajstić information content (AvgIpc) is 2.79. The van der Waals surface area contributed by atoms with E-state index in [1.54, 1.807) is 4.90 Å². The number of hydrogen-bond acceptors (Lipinski definition) is 3. The highest BCUT2D eigenvalue weighted by molar-refractivity contribution is 9.11. The molecule has 0 atom stereocenters. The van der Waals surface area contributed by atoms with Crippen LogP contribution in [0.2, 0.25) is 0 Å². The number of aliphatic hydroxyl groups is 1. The monoisotopic (exact) mass is 333 g/mol. The quantitative estimate of drug-likeness (QED) is 0.739. The smallest absolute Gasteiger partial charge is 0.254 e. The molecule has 0 aliphatic carbocycles. The Morgan fingerprint density at radius 1 is 1.39 bits per heavy atom. The van der Waals surface area contributed by atoms with Crippen molar-refractivity contribution < 1.29 is 9.90 Å². The van der Waals surface area contributed by atoms with Crippen LogP contribution in [0.15, 0.2) is 15.2 Å². The standard InChI is InChI=1S/C13H20BrNO2S/c1-2-3-4-5-6-15(7-8-16)13(17)11-9-12(14)18-10-11/h9-10,16H,2-8H2,1H3. The third-order valence-corrected chi connectivity index (χ3v) is 4.26. The van der Waals surface area contributed by atoms with Gasteiger partial charge in [0.1, 0.15) is 0 Å². The third kappa shape index (κ3) is 5.08. The van der Waals surface area contributed by atoms with E-state index in [0.717, 1.165) is 23.2 Å². The second-order valence-electron chi connectivity index (χ2n) is 4.22. The lowest BCUT2D eigenvalue weighted by molar-refractivity contribution is 0.0719. The first-order valence-electron chi connectivity index (χ1n) is 6.33. The molecule has 0 aliphatic rings. The summed E-state index contributed by atoms with van der Waals surface area (Å²) in [6.07, 6.45) is 4.53. The van der Waals surface area contributed by atoms with E-state index >= 15 is 0 Å². The van der Waals surface area contributed by atoms with Gasteiger partial charge in [-0.1, -0.05) is 26.2 Å². The molecule has 1 heterocycles. The van der Waals surface area contributed by atoms with Crippen LogP contribution in [0, 0.1) is 0 Å². The van der Waals surface area contributed by atoms with Gasteiger partial charge in [0.25, 0.3) is 5.91 Å². The summed E-state index contributed by atoms with van der Waals surface area (Å²) in [5, 5.41) is 10.9. The lowest BCUT2D eigenvalue weighted by Crippen LogP contribution is -2.34. The number of carbonyl (C=O) groups excluding carboxylic acids is 1. The van der Waals surface area contributed by atoms with Crippen molar-refractivity contribution in [2.24, 2.45) is 0 Å². The molecular formula is C13H20BrNO2S. The zero-order valence-electron chi connectivity index (χ0n) is 10.7. The lowest BCUT2D eigenvalue weighted by atomic mass is 10.2. The summed E-state index contributed by atoms with van der Waals surface area (Å²) in [5.74, 6) is 0.0162. The lowest BCUT2D eigenvalue weighted by Gasteiger charge is -2.21. The van der Waals surface area contributed by atoms with Crippen LogP contribution >= 0.6 is 27.3 Å². The molecule has 102 valence electrons. The van der Waals surface area contributed by atoms with E-state index in [4.69, 9.17) is 5.11 Å². The van der Waals surface area contributed by atoms with Crippen molar-refractivity contribution >= 4 is 33.2 Å². The van der Waals surface area contributed by atoms with Gasteiger partial charge in [-0.15, -0.1) is 11.3 Å². The van der Waals surface area contributed by atoms with Gasteiger partial charge in [0.05, 0.1) is 16.0 Å². The second kappa shape index (κ2) is 8.67. The molecule has 0 radical (unpaired) electrons. The molecule has 0 fully saturated rings. The molecule has 0 saturated heterocycles. The van der Waals surface area contributed by atoms with E-state index in [0.29, 0.717) is 12.1 Å². The van der Waals surface area contributed by atoms with Gasteiger partial charge >= 0.3 is 0 Å². The van der Waals surface area contributed by atoms with Gasteiger partial charge < -0.3 is 10.0 Å². The Bertz CT molecular complexity index is 368. The number of hydrogen-bond donors (Lipinski definition) is 1. The fraction of sp³-hybridized carbons (Fsp3) is 0.615. The minimum Gasteiger partial charge on any atom is -0.395 e. The predicted octanol–water partition coefficient (Wildman–Crippen LogP) is 3.53. The molecule has 0 unspecified atom stereocenters. The van der Waals surface area contributed by atoms with E-state index < -0.39 is 0 Å². The molecular weight excluding hydrogens is 314 g/mol. The van der Waals surface area contributed by atoms with Crippen molar-refractivity contribution in [2.75, 3.05) is 19.7 Å². The summed E-state index contributed by atoms with van der Waals surface area (Å²) in [4.78, 5) is 14.0.